The zero-order chi connectivity index (χ0) is 13.7. The van der Waals surface area contributed by atoms with E-state index >= 15 is 0 Å². The molecule has 0 fully saturated rings. The van der Waals surface area contributed by atoms with E-state index in [-0.39, 0.29) is 5.69 Å². The van der Waals surface area contributed by atoms with Gasteiger partial charge in [-0.05, 0) is 28.4 Å². The summed E-state index contributed by atoms with van der Waals surface area (Å²) in [5.41, 5.74) is 0.483. The van der Waals surface area contributed by atoms with E-state index in [9.17, 15) is 14.9 Å². The normalized spacial score (nSPS) is 11.9. The number of nitrogens with zero attached hydrogens (tertiary/aromatic N) is 1. The van der Waals surface area contributed by atoms with Crippen molar-refractivity contribution in [1.29, 1.82) is 0 Å². The minimum Gasteiger partial charge on any atom is -0.480 e. The smallest absolute Gasteiger partial charge is 0.326 e. The molecule has 0 radical (unpaired) electrons. The lowest BCUT2D eigenvalue weighted by Gasteiger charge is -2.15. The van der Waals surface area contributed by atoms with Crippen LogP contribution in [0.2, 0.25) is 0 Å². The quantitative estimate of drug-likeness (QED) is 0.621. The van der Waals surface area contributed by atoms with Crippen LogP contribution in [0.4, 0.5) is 11.4 Å². The molecule has 1 aromatic carbocycles. The molecular formula is C11H13BrN2O4. The molecule has 0 bridgehead atoms. The van der Waals surface area contributed by atoms with Gasteiger partial charge in [0.2, 0.25) is 0 Å². The second-order valence-electron chi connectivity index (χ2n) is 3.75. The maximum absolute atomic E-state index is 11.0. The Balaban J connectivity index is 2.90. The van der Waals surface area contributed by atoms with Gasteiger partial charge in [-0.3, -0.25) is 10.1 Å². The Morgan fingerprint density at radius 1 is 1.61 bits per heavy atom. The average molecular weight is 317 g/mol. The van der Waals surface area contributed by atoms with Gasteiger partial charge in [0.25, 0.3) is 5.69 Å². The highest BCUT2D eigenvalue weighted by Crippen LogP contribution is 2.28. The molecule has 0 spiro atoms. The molecule has 6 nitrogen and oxygen atoms in total. The van der Waals surface area contributed by atoms with Gasteiger partial charge in [0.05, 0.1) is 4.92 Å². The SMILES string of the molecule is CCCC(Nc1ccc([N+](=O)[O-])cc1Br)C(=O)O. The standard InChI is InChI=1S/C11H13BrN2O4/c1-2-3-10(11(15)16)13-9-5-4-7(14(17)18)6-8(9)12/h4-6,10,13H,2-3H2,1H3,(H,15,16). The molecular weight excluding hydrogens is 304 g/mol. The zero-order valence-corrected chi connectivity index (χ0v) is 11.3. The lowest BCUT2D eigenvalue weighted by Crippen LogP contribution is -2.29. The number of carbonyl (C=O) groups is 1. The van der Waals surface area contributed by atoms with Crippen molar-refractivity contribution in [1.82, 2.24) is 0 Å². The van der Waals surface area contributed by atoms with Crippen LogP contribution in [0, 0.1) is 10.1 Å². The van der Waals surface area contributed by atoms with Crippen LogP contribution in [0.5, 0.6) is 0 Å². The van der Waals surface area contributed by atoms with Gasteiger partial charge in [-0.2, -0.15) is 0 Å². The second kappa shape index (κ2) is 6.34. The van der Waals surface area contributed by atoms with E-state index in [0.717, 1.165) is 6.42 Å². The Labute approximate surface area is 112 Å². The number of halogens is 1. The van der Waals surface area contributed by atoms with Crippen LogP contribution in [-0.2, 0) is 4.79 Å². The number of nitrogens with one attached hydrogen (secondary N) is 1. The summed E-state index contributed by atoms with van der Waals surface area (Å²) in [6.45, 7) is 1.89. The van der Waals surface area contributed by atoms with Crippen LogP contribution in [0.15, 0.2) is 22.7 Å². The van der Waals surface area contributed by atoms with E-state index in [1.54, 1.807) is 0 Å². The topological polar surface area (TPSA) is 92.5 Å². The first-order valence-corrected chi connectivity index (χ1v) is 6.18. The van der Waals surface area contributed by atoms with Crippen LogP contribution < -0.4 is 5.32 Å². The number of aliphatic carboxylic acids is 1. The molecule has 0 heterocycles. The Hall–Kier alpha value is -1.63. The average Bonchev–Trinajstić information content (AvgIpc) is 2.30. The molecule has 0 aliphatic heterocycles. The first kappa shape index (κ1) is 14.4. The van der Waals surface area contributed by atoms with Crippen LogP contribution >= 0.6 is 15.9 Å². The fourth-order valence-corrected chi connectivity index (χ4v) is 1.95. The van der Waals surface area contributed by atoms with Gasteiger partial charge < -0.3 is 10.4 Å². The van der Waals surface area contributed by atoms with Gasteiger partial charge in [-0.1, -0.05) is 13.3 Å². The van der Waals surface area contributed by atoms with E-state index in [2.05, 4.69) is 21.2 Å². The summed E-state index contributed by atoms with van der Waals surface area (Å²) in [7, 11) is 0. The van der Waals surface area contributed by atoms with E-state index < -0.39 is 16.9 Å². The maximum atomic E-state index is 11.0. The first-order chi connectivity index (χ1) is 8.45. The first-order valence-electron chi connectivity index (χ1n) is 5.39. The fraction of sp³-hybridized carbons (Fsp3) is 0.364. The van der Waals surface area contributed by atoms with E-state index in [1.807, 2.05) is 6.92 Å². The Morgan fingerprint density at radius 2 is 2.28 bits per heavy atom. The molecule has 7 heteroatoms. The van der Waals surface area contributed by atoms with Crippen molar-refractivity contribution < 1.29 is 14.8 Å². The second-order valence-corrected chi connectivity index (χ2v) is 4.60. The van der Waals surface area contributed by atoms with Crippen molar-refractivity contribution in [2.24, 2.45) is 0 Å². The summed E-state index contributed by atoms with van der Waals surface area (Å²) in [5.74, 6) is -0.942. The van der Waals surface area contributed by atoms with Crippen LogP contribution in [0.25, 0.3) is 0 Å². The molecule has 0 saturated carbocycles. The van der Waals surface area contributed by atoms with Gasteiger partial charge in [0.15, 0.2) is 0 Å². The minimum atomic E-state index is -0.942. The van der Waals surface area contributed by atoms with Gasteiger partial charge in [-0.15, -0.1) is 0 Å². The molecule has 0 aliphatic carbocycles. The number of rotatable bonds is 6. The van der Waals surface area contributed by atoms with Crippen molar-refractivity contribution in [3.63, 3.8) is 0 Å². The van der Waals surface area contributed by atoms with Crippen molar-refractivity contribution in [3.05, 3.63) is 32.8 Å². The van der Waals surface area contributed by atoms with Crippen LogP contribution in [0.1, 0.15) is 19.8 Å². The molecule has 1 aromatic rings. The predicted octanol–water partition coefficient (Wildman–Crippen LogP) is 3.02. The number of benzene rings is 1. The highest BCUT2D eigenvalue weighted by atomic mass is 79.9. The number of carboxylic acid groups (broad SMARTS) is 1. The Morgan fingerprint density at radius 3 is 2.72 bits per heavy atom. The highest BCUT2D eigenvalue weighted by Gasteiger charge is 2.18. The molecule has 0 aromatic heterocycles. The van der Waals surface area contributed by atoms with Crippen molar-refractivity contribution >= 4 is 33.3 Å². The molecule has 0 amide bonds. The predicted molar refractivity (Wildman–Crippen MR) is 70.8 cm³/mol. The lowest BCUT2D eigenvalue weighted by atomic mass is 10.1. The summed E-state index contributed by atoms with van der Waals surface area (Å²) in [5, 5.41) is 22.4. The molecule has 1 unspecified atom stereocenters. The summed E-state index contributed by atoms with van der Waals surface area (Å²) < 4.78 is 0.471. The van der Waals surface area contributed by atoms with Gasteiger partial charge in [-0.25, -0.2) is 4.79 Å². The molecule has 2 N–H and O–H groups in total. The van der Waals surface area contributed by atoms with E-state index in [0.29, 0.717) is 16.6 Å². The molecule has 0 aliphatic rings. The van der Waals surface area contributed by atoms with Crippen molar-refractivity contribution in [3.8, 4) is 0 Å². The third-order valence-electron chi connectivity index (χ3n) is 2.37. The number of anilines is 1. The zero-order valence-electron chi connectivity index (χ0n) is 9.72. The monoisotopic (exact) mass is 316 g/mol. The third kappa shape index (κ3) is 3.69. The number of non-ortho nitro benzene ring substituents is 1. The maximum Gasteiger partial charge on any atom is 0.326 e. The number of nitro groups is 1. The third-order valence-corrected chi connectivity index (χ3v) is 3.02. The molecule has 18 heavy (non-hydrogen) atoms. The summed E-state index contributed by atoms with van der Waals surface area (Å²) in [4.78, 5) is 21.1. The minimum absolute atomic E-state index is 0.0465. The molecule has 0 saturated heterocycles. The molecule has 1 atom stereocenters. The summed E-state index contributed by atoms with van der Waals surface area (Å²) in [6.07, 6.45) is 1.22. The van der Waals surface area contributed by atoms with E-state index in [1.165, 1.54) is 18.2 Å². The van der Waals surface area contributed by atoms with Crippen LogP contribution in [-0.4, -0.2) is 22.0 Å². The number of hydrogen-bond acceptors (Lipinski definition) is 4. The van der Waals surface area contributed by atoms with Crippen LogP contribution in [0.3, 0.4) is 0 Å². The van der Waals surface area contributed by atoms with Crippen molar-refractivity contribution in [2.75, 3.05) is 5.32 Å². The fourth-order valence-electron chi connectivity index (χ4n) is 1.47. The van der Waals surface area contributed by atoms with Gasteiger partial charge in [0.1, 0.15) is 6.04 Å². The number of carboxylic acids is 1. The van der Waals surface area contributed by atoms with Crippen molar-refractivity contribution in [2.45, 2.75) is 25.8 Å². The summed E-state index contributed by atoms with van der Waals surface area (Å²) in [6, 6.07) is 3.46. The van der Waals surface area contributed by atoms with Gasteiger partial charge >= 0.3 is 5.97 Å². The molecule has 1 rings (SSSR count). The largest absolute Gasteiger partial charge is 0.480 e. The van der Waals surface area contributed by atoms with E-state index in [4.69, 9.17) is 5.11 Å². The summed E-state index contributed by atoms with van der Waals surface area (Å²) >= 11 is 3.18. The van der Waals surface area contributed by atoms with Gasteiger partial charge in [0, 0.05) is 22.3 Å². The highest BCUT2D eigenvalue weighted by molar-refractivity contribution is 9.10. The lowest BCUT2D eigenvalue weighted by molar-refractivity contribution is -0.384. The molecule has 98 valence electrons. The Kier molecular flexibility index (Phi) is 5.08. The Bertz CT molecular complexity index is 464. The number of nitro benzene ring substituents is 1. The number of hydrogen-bond donors (Lipinski definition) is 2.